The summed E-state index contributed by atoms with van der Waals surface area (Å²) in [6.07, 6.45) is 0. The Bertz CT molecular complexity index is 99.1. The molecule has 1 aliphatic rings. The van der Waals surface area contributed by atoms with E-state index in [1.807, 2.05) is 0 Å². The zero-order valence-corrected chi connectivity index (χ0v) is 6.28. The van der Waals surface area contributed by atoms with Crippen molar-refractivity contribution < 1.29 is 0 Å². The Kier molecular flexibility index (Phi) is 1.78. The van der Waals surface area contributed by atoms with Gasteiger partial charge in [-0.1, -0.05) is 0 Å². The summed E-state index contributed by atoms with van der Waals surface area (Å²) in [6.45, 7) is 7.58. The van der Waals surface area contributed by atoms with E-state index >= 15 is 0 Å². The van der Waals surface area contributed by atoms with Gasteiger partial charge in [-0.3, -0.25) is 7.05 Å². The van der Waals surface area contributed by atoms with Gasteiger partial charge in [0.1, 0.15) is 0 Å². The van der Waals surface area contributed by atoms with E-state index in [-0.39, 0.29) is 5.54 Å². The monoisotopic (exact) mass is 127 g/mol. The lowest BCUT2D eigenvalue weighted by molar-refractivity contribution is 0.202. The molecular weight excluding hydrogens is 112 g/mol. The van der Waals surface area contributed by atoms with Gasteiger partial charge in [-0.05, 0) is 26.9 Å². The van der Waals surface area contributed by atoms with Crippen molar-refractivity contribution in [3.05, 3.63) is 7.05 Å². The van der Waals surface area contributed by atoms with Crippen molar-refractivity contribution in [1.29, 1.82) is 0 Å². The Balaban J connectivity index is 2.41. The Hall–Kier alpha value is -0.0800. The van der Waals surface area contributed by atoms with Gasteiger partial charge in [0.05, 0.1) is 0 Å². The molecule has 1 aliphatic heterocycles. The van der Waals surface area contributed by atoms with E-state index < -0.39 is 0 Å². The second-order valence-corrected chi connectivity index (χ2v) is 3.36. The molecule has 2 nitrogen and oxygen atoms in total. The molecule has 0 radical (unpaired) electrons. The summed E-state index contributed by atoms with van der Waals surface area (Å²) in [6, 6.07) is 0. The summed E-state index contributed by atoms with van der Waals surface area (Å²) in [5.74, 6) is 0. The summed E-state index contributed by atoms with van der Waals surface area (Å²) in [5.41, 5.74) is 0.264. The van der Waals surface area contributed by atoms with Crippen LogP contribution in [0, 0.1) is 7.05 Å². The molecule has 1 heterocycles. The van der Waals surface area contributed by atoms with Crippen LogP contribution in [-0.4, -0.2) is 30.1 Å². The molecule has 0 aromatic heterocycles. The quantitative estimate of drug-likeness (QED) is 0.476. The molecule has 2 heteroatoms. The number of hydrogen-bond donors (Lipinski definition) is 1. The van der Waals surface area contributed by atoms with Gasteiger partial charge in [-0.25, -0.2) is 0 Å². The SMILES string of the molecule is [CH2-]N1CCNC(C)(C)C1. The molecule has 9 heavy (non-hydrogen) atoms. The lowest BCUT2D eigenvalue weighted by Gasteiger charge is -2.41. The maximum absolute atomic E-state index is 3.89. The van der Waals surface area contributed by atoms with E-state index in [1.54, 1.807) is 0 Å². The molecule has 1 fully saturated rings. The van der Waals surface area contributed by atoms with Crippen molar-refractivity contribution in [2.45, 2.75) is 19.4 Å². The van der Waals surface area contributed by atoms with Gasteiger partial charge in [-0.15, -0.1) is 0 Å². The first-order valence-electron chi connectivity index (χ1n) is 3.41. The van der Waals surface area contributed by atoms with Crippen LogP contribution >= 0.6 is 0 Å². The van der Waals surface area contributed by atoms with Gasteiger partial charge >= 0.3 is 0 Å². The fourth-order valence-electron chi connectivity index (χ4n) is 1.25. The number of nitrogens with zero attached hydrogens (tertiary/aromatic N) is 1. The highest BCUT2D eigenvalue weighted by Crippen LogP contribution is 2.07. The molecule has 1 rings (SSSR count). The molecule has 0 saturated carbocycles. The van der Waals surface area contributed by atoms with Crippen LogP contribution in [0.2, 0.25) is 0 Å². The molecule has 0 aromatic carbocycles. The first-order chi connectivity index (χ1) is 4.10. The fraction of sp³-hybridized carbons (Fsp3) is 0.857. The van der Waals surface area contributed by atoms with E-state index in [2.05, 4.69) is 31.1 Å². The van der Waals surface area contributed by atoms with Crippen molar-refractivity contribution in [3.63, 3.8) is 0 Å². The van der Waals surface area contributed by atoms with Crippen LogP contribution < -0.4 is 5.32 Å². The van der Waals surface area contributed by atoms with Crippen molar-refractivity contribution >= 4 is 0 Å². The molecule has 1 saturated heterocycles. The van der Waals surface area contributed by atoms with Gasteiger partial charge in [0.15, 0.2) is 0 Å². The van der Waals surface area contributed by atoms with Crippen LogP contribution in [0.3, 0.4) is 0 Å². The second kappa shape index (κ2) is 2.27. The Morgan fingerprint density at radius 1 is 1.56 bits per heavy atom. The minimum Gasteiger partial charge on any atom is -0.457 e. The van der Waals surface area contributed by atoms with Crippen molar-refractivity contribution in [1.82, 2.24) is 10.2 Å². The highest BCUT2D eigenvalue weighted by Gasteiger charge is 2.19. The molecule has 0 bridgehead atoms. The summed E-state index contributed by atoms with van der Waals surface area (Å²) in [7, 11) is 3.89. The maximum Gasteiger partial charge on any atom is 0.0228 e. The molecule has 0 amide bonds. The average molecular weight is 127 g/mol. The minimum atomic E-state index is 0.264. The maximum atomic E-state index is 3.89. The van der Waals surface area contributed by atoms with Crippen LogP contribution in [0.25, 0.3) is 0 Å². The number of hydrogen-bond acceptors (Lipinski definition) is 2. The predicted molar refractivity (Wildman–Crippen MR) is 39.0 cm³/mol. The molecule has 0 atom stereocenters. The zero-order valence-electron chi connectivity index (χ0n) is 6.28. The fourth-order valence-corrected chi connectivity index (χ4v) is 1.25. The number of nitrogens with one attached hydrogen (secondary N) is 1. The summed E-state index contributed by atoms with van der Waals surface area (Å²) in [4.78, 5) is 2.11. The largest absolute Gasteiger partial charge is 0.457 e. The highest BCUT2D eigenvalue weighted by atomic mass is 15.2. The van der Waals surface area contributed by atoms with E-state index in [9.17, 15) is 0 Å². The first kappa shape index (κ1) is 7.03. The summed E-state index contributed by atoms with van der Waals surface area (Å²) in [5, 5.41) is 3.41. The summed E-state index contributed by atoms with van der Waals surface area (Å²) >= 11 is 0. The van der Waals surface area contributed by atoms with Crippen LogP contribution in [0.5, 0.6) is 0 Å². The third-order valence-electron chi connectivity index (χ3n) is 1.65. The van der Waals surface area contributed by atoms with Crippen molar-refractivity contribution in [2.75, 3.05) is 19.6 Å². The third kappa shape index (κ3) is 1.95. The predicted octanol–water partition coefficient (Wildman–Crippen LogP) is 0.462. The standard InChI is InChI=1S/C7H15N2/c1-7(2)6-9(3)5-4-8-7/h8H,3-6H2,1-2H3/q-1. The van der Waals surface area contributed by atoms with Crippen LogP contribution in [0.1, 0.15) is 13.8 Å². The summed E-state index contributed by atoms with van der Waals surface area (Å²) < 4.78 is 0. The van der Waals surface area contributed by atoms with E-state index in [1.165, 1.54) is 0 Å². The smallest absolute Gasteiger partial charge is 0.0228 e. The molecular formula is C7H15N2-. The Labute approximate surface area is 57.2 Å². The van der Waals surface area contributed by atoms with Crippen molar-refractivity contribution in [3.8, 4) is 0 Å². The van der Waals surface area contributed by atoms with Gasteiger partial charge in [0, 0.05) is 12.1 Å². The van der Waals surface area contributed by atoms with Gasteiger partial charge in [0.25, 0.3) is 0 Å². The zero-order chi connectivity index (χ0) is 6.91. The number of piperazine rings is 1. The molecule has 0 aliphatic carbocycles. The normalized spacial score (nSPS) is 28.3. The molecule has 54 valence electrons. The number of rotatable bonds is 0. The van der Waals surface area contributed by atoms with Crippen molar-refractivity contribution in [2.24, 2.45) is 0 Å². The molecule has 0 spiro atoms. The average Bonchev–Trinajstić information content (AvgIpc) is 1.60. The van der Waals surface area contributed by atoms with E-state index in [0.29, 0.717) is 0 Å². The molecule has 1 N–H and O–H groups in total. The topological polar surface area (TPSA) is 15.3 Å². The lowest BCUT2D eigenvalue weighted by atomic mass is 10.0. The third-order valence-corrected chi connectivity index (χ3v) is 1.65. The highest BCUT2D eigenvalue weighted by molar-refractivity contribution is 4.86. The lowest BCUT2D eigenvalue weighted by Crippen LogP contribution is -2.55. The first-order valence-corrected chi connectivity index (χ1v) is 3.41. The van der Waals surface area contributed by atoms with E-state index in [0.717, 1.165) is 19.6 Å². The second-order valence-electron chi connectivity index (χ2n) is 3.36. The Morgan fingerprint density at radius 2 is 2.22 bits per heavy atom. The van der Waals surface area contributed by atoms with Crippen LogP contribution in [-0.2, 0) is 0 Å². The molecule has 0 unspecified atom stereocenters. The van der Waals surface area contributed by atoms with Gasteiger partial charge < -0.3 is 10.2 Å². The molecule has 0 aromatic rings. The van der Waals surface area contributed by atoms with Gasteiger partial charge in [0.2, 0.25) is 0 Å². The van der Waals surface area contributed by atoms with Crippen LogP contribution in [0.4, 0.5) is 0 Å². The van der Waals surface area contributed by atoms with Crippen LogP contribution in [0.15, 0.2) is 0 Å². The van der Waals surface area contributed by atoms with Gasteiger partial charge in [-0.2, -0.15) is 0 Å². The van der Waals surface area contributed by atoms with E-state index in [4.69, 9.17) is 0 Å². The Morgan fingerprint density at radius 3 is 2.56 bits per heavy atom. The minimum absolute atomic E-state index is 0.264.